The first-order valence-electron chi connectivity index (χ1n) is 8.39. The summed E-state index contributed by atoms with van der Waals surface area (Å²) in [6.45, 7) is 7.68. The van der Waals surface area contributed by atoms with E-state index in [4.69, 9.17) is 0 Å². The van der Waals surface area contributed by atoms with E-state index in [1.54, 1.807) is 13.2 Å². The van der Waals surface area contributed by atoms with Crippen LogP contribution in [0.15, 0.2) is 53.7 Å². The number of guanidine groups is 1. The van der Waals surface area contributed by atoms with E-state index in [0.717, 1.165) is 31.3 Å². The van der Waals surface area contributed by atoms with E-state index in [-0.39, 0.29) is 24.0 Å². The van der Waals surface area contributed by atoms with E-state index in [1.807, 2.05) is 18.2 Å². The average molecular weight is 453 g/mol. The smallest absolute Gasteiger partial charge is 0.191 e. The maximum Gasteiger partial charge on any atom is 0.191 e. The number of nitrogens with one attached hydrogen (secondary N) is 2. The number of likely N-dealkylation sites (N-methyl/N-ethyl adjacent to an activating group) is 1. The molecule has 25 heavy (non-hydrogen) atoms. The van der Waals surface area contributed by atoms with Gasteiger partial charge < -0.3 is 15.5 Å². The van der Waals surface area contributed by atoms with Gasteiger partial charge in [0.1, 0.15) is 0 Å². The lowest BCUT2D eigenvalue weighted by atomic mass is 10.2. The predicted molar refractivity (Wildman–Crippen MR) is 117 cm³/mol. The summed E-state index contributed by atoms with van der Waals surface area (Å²) in [6, 6.07) is 14.5. The number of aliphatic imine (C=N–C) groups is 1. The third kappa shape index (κ3) is 7.29. The molecular weight excluding hydrogens is 425 g/mol. The highest BCUT2D eigenvalue weighted by molar-refractivity contribution is 14.0. The normalized spacial score (nSPS) is 10.8. The quantitative estimate of drug-likeness (QED) is 0.384. The number of rotatable bonds is 7. The topological polar surface area (TPSA) is 52.5 Å². The average Bonchev–Trinajstić information content (AvgIpc) is 2.62. The number of nitrogens with zero attached hydrogens (tertiary/aromatic N) is 3. The van der Waals surface area contributed by atoms with E-state index < -0.39 is 0 Å². The fourth-order valence-corrected chi connectivity index (χ4v) is 2.50. The number of anilines is 1. The van der Waals surface area contributed by atoms with Gasteiger partial charge in [0.2, 0.25) is 0 Å². The van der Waals surface area contributed by atoms with Crippen molar-refractivity contribution in [2.75, 3.05) is 31.6 Å². The van der Waals surface area contributed by atoms with Gasteiger partial charge in [0.15, 0.2) is 5.96 Å². The molecule has 0 fully saturated rings. The Bertz CT molecular complexity index is 645. The summed E-state index contributed by atoms with van der Waals surface area (Å²) < 4.78 is 0. The minimum Gasteiger partial charge on any atom is -0.370 e. The molecule has 0 aliphatic heterocycles. The molecule has 0 radical (unpaired) electrons. The van der Waals surface area contributed by atoms with Crippen LogP contribution in [0, 0.1) is 6.92 Å². The first-order chi connectivity index (χ1) is 11.7. The fraction of sp³-hybridized carbons (Fsp3) is 0.368. The minimum atomic E-state index is 0. The number of aromatic nitrogens is 1. The molecule has 0 saturated carbocycles. The maximum absolute atomic E-state index is 4.30. The van der Waals surface area contributed by atoms with Crippen LogP contribution in [0.4, 0.5) is 5.69 Å². The van der Waals surface area contributed by atoms with Crippen LogP contribution in [0.1, 0.15) is 18.2 Å². The molecule has 0 unspecified atom stereocenters. The van der Waals surface area contributed by atoms with Crippen LogP contribution in [-0.2, 0) is 6.54 Å². The zero-order valence-corrected chi connectivity index (χ0v) is 17.5. The van der Waals surface area contributed by atoms with E-state index >= 15 is 0 Å². The highest BCUT2D eigenvalue weighted by atomic mass is 127. The molecule has 0 bridgehead atoms. The van der Waals surface area contributed by atoms with E-state index in [2.05, 4.69) is 63.6 Å². The Hall–Kier alpha value is -1.83. The van der Waals surface area contributed by atoms with Crippen molar-refractivity contribution in [3.63, 3.8) is 0 Å². The molecule has 2 N–H and O–H groups in total. The van der Waals surface area contributed by atoms with Crippen LogP contribution >= 0.6 is 24.0 Å². The van der Waals surface area contributed by atoms with Crippen LogP contribution < -0.4 is 15.5 Å². The van der Waals surface area contributed by atoms with Crippen molar-refractivity contribution in [3.05, 3.63) is 59.9 Å². The molecule has 1 aromatic heterocycles. The van der Waals surface area contributed by atoms with Crippen LogP contribution in [-0.4, -0.2) is 37.6 Å². The second-order valence-electron chi connectivity index (χ2n) is 5.59. The Morgan fingerprint density at radius 1 is 1.16 bits per heavy atom. The largest absolute Gasteiger partial charge is 0.370 e. The second kappa shape index (κ2) is 11.7. The van der Waals surface area contributed by atoms with E-state index in [0.29, 0.717) is 6.54 Å². The second-order valence-corrected chi connectivity index (χ2v) is 5.59. The first-order valence-corrected chi connectivity index (χ1v) is 8.39. The van der Waals surface area contributed by atoms with Crippen molar-refractivity contribution in [1.82, 2.24) is 15.6 Å². The van der Waals surface area contributed by atoms with Crippen LogP contribution in [0.2, 0.25) is 0 Å². The lowest BCUT2D eigenvalue weighted by Gasteiger charge is -2.24. The van der Waals surface area contributed by atoms with Crippen LogP contribution in [0.5, 0.6) is 0 Å². The number of benzene rings is 1. The molecule has 0 spiro atoms. The SMILES string of the molecule is CCN(CCNC(=NC)NCc1ccccn1)c1cccc(C)c1.I. The maximum atomic E-state index is 4.30. The third-order valence-corrected chi connectivity index (χ3v) is 3.81. The number of hydrogen-bond donors (Lipinski definition) is 2. The van der Waals surface area contributed by atoms with Gasteiger partial charge in [-0.3, -0.25) is 9.98 Å². The number of pyridine rings is 1. The Kier molecular flexibility index (Phi) is 9.91. The Labute approximate surface area is 168 Å². The Balaban J connectivity index is 0.00000312. The van der Waals surface area contributed by atoms with Crippen molar-refractivity contribution in [2.45, 2.75) is 20.4 Å². The summed E-state index contributed by atoms with van der Waals surface area (Å²) in [5.41, 5.74) is 3.54. The van der Waals surface area contributed by atoms with Gasteiger partial charge in [0.25, 0.3) is 0 Å². The van der Waals surface area contributed by atoms with Gasteiger partial charge >= 0.3 is 0 Å². The summed E-state index contributed by atoms with van der Waals surface area (Å²) in [7, 11) is 1.78. The van der Waals surface area contributed by atoms with Gasteiger partial charge in [0.05, 0.1) is 12.2 Å². The van der Waals surface area contributed by atoms with E-state index in [9.17, 15) is 0 Å². The zero-order chi connectivity index (χ0) is 17.2. The van der Waals surface area contributed by atoms with Gasteiger partial charge in [-0.05, 0) is 43.7 Å². The standard InChI is InChI=1S/C19H27N5.HI/c1-4-24(18-10-7-8-16(2)14-18)13-12-22-19(20-3)23-15-17-9-5-6-11-21-17;/h5-11,14H,4,12-13,15H2,1-3H3,(H2,20,22,23);1H. The predicted octanol–water partition coefficient (Wildman–Crippen LogP) is 3.20. The summed E-state index contributed by atoms with van der Waals surface area (Å²) in [4.78, 5) is 10.9. The van der Waals surface area contributed by atoms with Gasteiger partial charge in [-0.2, -0.15) is 0 Å². The molecular formula is C19H28IN5. The van der Waals surface area contributed by atoms with Crippen molar-refractivity contribution >= 4 is 35.6 Å². The van der Waals surface area contributed by atoms with Gasteiger partial charge in [0, 0.05) is 38.6 Å². The van der Waals surface area contributed by atoms with E-state index in [1.165, 1.54) is 11.3 Å². The molecule has 0 atom stereocenters. The zero-order valence-electron chi connectivity index (χ0n) is 15.2. The summed E-state index contributed by atoms with van der Waals surface area (Å²) >= 11 is 0. The molecule has 2 rings (SSSR count). The first kappa shape index (κ1) is 21.2. The molecule has 0 aliphatic rings. The Morgan fingerprint density at radius 3 is 2.64 bits per heavy atom. The van der Waals surface area contributed by atoms with Gasteiger partial charge in [-0.15, -0.1) is 24.0 Å². The molecule has 5 nitrogen and oxygen atoms in total. The van der Waals surface area contributed by atoms with Gasteiger partial charge in [-0.25, -0.2) is 0 Å². The third-order valence-electron chi connectivity index (χ3n) is 3.81. The summed E-state index contributed by atoms with van der Waals surface area (Å²) in [5.74, 6) is 0.793. The molecule has 0 saturated heterocycles. The molecule has 136 valence electrons. The Morgan fingerprint density at radius 2 is 2.00 bits per heavy atom. The van der Waals surface area contributed by atoms with Crippen molar-refractivity contribution in [3.8, 4) is 0 Å². The highest BCUT2D eigenvalue weighted by Crippen LogP contribution is 2.14. The number of hydrogen-bond acceptors (Lipinski definition) is 3. The van der Waals surface area contributed by atoms with Crippen molar-refractivity contribution < 1.29 is 0 Å². The number of halogens is 1. The molecule has 2 aromatic rings. The number of aryl methyl sites for hydroxylation is 1. The molecule has 1 heterocycles. The molecule has 6 heteroatoms. The van der Waals surface area contributed by atoms with Crippen LogP contribution in [0.25, 0.3) is 0 Å². The molecule has 0 aliphatic carbocycles. The highest BCUT2D eigenvalue weighted by Gasteiger charge is 2.05. The van der Waals surface area contributed by atoms with Crippen LogP contribution in [0.3, 0.4) is 0 Å². The fourth-order valence-electron chi connectivity index (χ4n) is 2.50. The lowest BCUT2D eigenvalue weighted by molar-refractivity contribution is 0.746. The summed E-state index contributed by atoms with van der Waals surface area (Å²) in [6.07, 6.45) is 1.80. The monoisotopic (exact) mass is 453 g/mol. The van der Waals surface area contributed by atoms with Gasteiger partial charge in [-0.1, -0.05) is 18.2 Å². The van der Waals surface area contributed by atoms with Crippen molar-refractivity contribution in [1.29, 1.82) is 0 Å². The lowest BCUT2D eigenvalue weighted by Crippen LogP contribution is -2.41. The molecule has 0 amide bonds. The molecule has 1 aromatic carbocycles. The summed E-state index contributed by atoms with van der Waals surface area (Å²) in [5, 5.41) is 6.64. The van der Waals surface area contributed by atoms with Crippen molar-refractivity contribution in [2.24, 2.45) is 4.99 Å². The minimum absolute atomic E-state index is 0.